The lowest BCUT2D eigenvalue weighted by atomic mass is 10.2. The number of hydrogen-bond donors (Lipinski definition) is 2. The first-order chi connectivity index (χ1) is 10.3. The SMILES string of the molecule is COc1ccc(OC)c(Nc2cc(NC3CC3)ncn2)c1. The molecule has 1 saturated carbocycles. The molecule has 0 bridgehead atoms. The Balaban J connectivity index is 1.81. The molecule has 0 radical (unpaired) electrons. The van der Waals surface area contributed by atoms with Crippen molar-refractivity contribution in [2.24, 2.45) is 0 Å². The monoisotopic (exact) mass is 286 g/mol. The van der Waals surface area contributed by atoms with Gasteiger partial charge in [-0.15, -0.1) is 0 Å². The maximum atomic E-state index is 5.34. The quantitative estimate of drug-likeness (QED) is 0.851. The van der Waals surface area contributed by atoms with Crippen LogP contribution in [0.1, 0.15) is 12.8 Å². The maximum absolute atomic E-state index is 5.34. The lowest BCUT2D eigenvalue weighted by Crippen LogP contribution is -2.04. The van der Waals surface area contributed by atoms with Crippen LogP contribution in [0.3, 0.4) is 0 Å². The molecule has 0 saturated heterocycles. The van der Waals surface area contributed by atoms with Crippen LogP contribution in [0, 0.1) is 0 Å². The predicted octanol–water partition coefficient (Wildman–Crippen LogP) is 2.81. The third-order valence-corrected chi connectivity index (χ3v) is 3.27. The van der Waals surface area contributed by atoms with E-state index in [-0.39, 0.29) is 0 Å². The summed E-state index contributed by atoms with van der Waals surface area (Å²) in [4.78, 5) is 8.45. The molecule has 0 spiro atoms. The van der Waals surface area contributed by atoms with Crippen molar-refractivity contribution in [3.8, 4) is 11.5 Å². The van der Waals surface area contributed by atoms with Crippen molar-refractivity contribution in [2.45, 2.75) is 18.9 Å². The molecule has 3 rings (SSSR count). The van der Waals surface area contributed by atoms with Gasteiger partial charge in [0.05, 0.1) is 19.9 Å². The van der Waals surface area contributed by atoms with Crippen molar-refractivity contribution >= 4 is 17.3 Å². The van der Waals surface area contributed by atoms with Gasteiger partial charge in [0.15, 0.2) is 0 Å². The predicted molar refractivity (Wildman–Crippen MR) is 81.5 cm³/mol. The lowest BCUT2D eigenvalue weighted by molar-refractivity contribution is 0.405. The highest BCUT2D eigenvalue weighted by Crippen LogP contribution is 2.31. The van der Waals surface area contributed by atoms with Crippen LogP contribution in [-0.4, -0.2) is 30.2 Å². The Bertz CT molecular complexity index is 629. The second-order valence-electron chi connectivity index (χ2n) is 4.90. The zero-order chi connectivity index (χ0) is 14.7. The molecule has 0 amide bonds. The van der Waals surface area contributed by atoms with E-state index in [4.69, 9.17) is 9.47 Å². The average Bonchev–Trinajstić information content (AvgIpc) is 3.31. The smallest absolute Gasteiger partial charge is 0.142 e. The van der Waals surface area contributed by atoms with Crippen molar-refractivity contribution in [1.82, 2.24) is 9.97 Å². The Kier molecular flexibility index (Phi) is 3.77. The first-order valence-corrected chi connectivity index (χ1v) is 6.86. The Morgan fingerprint density at radius 1 is 1.05 bits per heavy atom. The second-order valence-corrected chi connectivity index (χ2v) is 4.90. The largest absolute Gasteiger partial charge is 0.497 e. The van der Waals surface area contributed by atoms with E-state index in [1.165, 1.54) is 12.8 Å². The first kappa shape index (κ1) is 13.5. The van der Waals surface area contributed by atoms with Gasteiger partial charge in [0.2, 0.25) is 0 Å². The molecule has 6 nitrogen and oxygen atoms in total. The number of aromatic nitrogens is 2. The second kappa shape index (κ2) is 5.87. The molecule has 1 aromatic heterocycles. The van der Waals surface area contributed by atoms with E-state index >= 15 is 0 Å². The zero-order valence-corrected chi connectivity index (χ0v) is 12.1. The fraction of sp³-hybridized carbons (Fsp3) is 0.333. The molecule has 0 unspecified atom stereocenters. The van der Waals surface area contributed by atoms with Crippen LogP contribution in [0.5, 0.6) is 11.5 Å². The highest BCUT2D eigenvalue weighted by molar-refractivity contribution is 5.67. The van der Waals surface area contributed by atoms with Gasteiger partial charge < -0.3 is 20.1 Å². The van der Waals surface area contributed by atoms with Crippen LogP contribution in [0.25, 0.3) is 0 Å². The van der Waals surface area contributed by atoms with Gasteiger partial charge in [-0.25, -0.2) is 9.97 Å². The van der Waals surface area contributed by atoms with Gasteiger partial charge in [-0.2, -0.15) is 0 Å². The van der Waals surface area contributed by atoms with Crippen molar-refractivity contribution in [3.63, 3.8) is 0 Å². The minimum Gasteiger partial charge on any atom is -0.497 e. The van der Waals surface area contributed by atoms with Crippen molar-refractivity contribution < 1.29 is 9.47 Å². The Hall–Kier alpha value is -2.50. The fourth-order valence-corrected chi connectivity index (χ4v) is 1.99. The third-order valence-electron chi connectivity index (χ3n) is 3.27. The number of hydrogen-bond acceptors (Lipinski definition) is 6. The first-order valence-electron chi connectivity index (χ1n) is 6.86. The molecule has 2 aromatic rings. The molecule has 1 aromatic carbocycles. The third kappa shape index (κ3) is 3.34. The molecule has 2 N–H and O–H groups in total. The van der Waals surface area contributed by atoms with E-state index in [2.05, 4.69) is 20.6 Å². The molecule has 6 heteroatoms. The number of rotatable bonds is 6. The molecule has 1 aliphatic carbocycles. The number of anilines is 3. The van der Waals surface area contributed by atoms with Crippen molar-refractivity contribution in [2.75, 3.05) is 24.9 Å². The van der Waals surface area contributed by atoms with E-state index in [9.17, 15) is 0 Å². The summed E-state index contributed by atoms with van der Waals surface area (Å²) in [6, 6.07) is 8.01. The van der Waals surface area contributed by atoms with Crippen molar-refractivity contribution in [1.29, 1.82) is 0 Å². The molecule has 1 aliphatic rings. The van der Waals surface area contributed by atoms with Crippen LogP contribution < -0.4 is 20.1 Å². The normalized spacial score (nSPS) is 13.6. The van der Waals surface area contributed by atoms with E-state index in [1.807, 2.05) is 24.3 Å². The number of methoxy groups -OCH3 is 2. The molecular formula is C15H18N4O2. The summed E-state index contributed by atoms with van der Waals surface area (Å²) in [5, 5.41) is 6.58. The molecule has 0 atom stereocenters. The van der Waals surface area contributed by atoms with Gasteiger partial charge in [0, 0.05) is 18.2 Å². The highest BCUT2D eigenvalue weighted by atomic mass is 16.5. The number of nitrogens with zero attached hydrogens (tertiary/aromatic N) is 2. The van der Waals surface area contributed by atoms with Gasteiger partial charge >= 0.3 is 0 Å². The van der Waals surface area contributed by atoms with E-state index in [0.29, 0.717) is 11.9 Å². The Morgan fingerprint density at radius 3 is 2.57 bits per heavy atom. The lowest BCUT2D eigenvalue weighted by Gasteiger charge is -2.12. The summed E-state index contributed by atoms with van der Waals surface area (Å²) in [5.74, 6) is 3.02. The Labute approximate surface area is 123 Å². The average molecular weight is 286 g/mol. The molecule has 1 heterocycles. The highest BCUT2D eigenvalue weighted by Gasteiger charge is 2.21. The number of ether oxygens (including phenoxy) is 2. The summed E-state index contributed by atoms with van der Waals surface area (Å²) in [6.45, 7) is 0. The van der Waals surface area contributed by atoms with Crippen LogP contribution in [0.15, 0.2) is 30.6 Å². The van der Waals surface area contributed by atoms with Crippen LogP contribution in [0.2, 0.25) is 0 Å². The molecule has 0 aliphatic heterocycles. The molecule has 1 fully saturated rings. The van der Waals surface area contributed by atoms with E-state index in [0.717, 1.165) is 23.0 Å². The standard InChI is InChI=1S/C15H18N4O2/c1-20-11-5-6-13(21-2)12(7-11)19-15-8-14(16-9-17-15)18-10-3-4-10/h5-10H,3-4H2,1-2H3,(H2,16,17,18,19). The van der Waals surface area contributed by atoms with Crippen LogP contribution in [-0.2, 0) is 0 Å². The summed E-state index contributed by atoms with van der Waals surface area (Å²) in [5.41, 5.74) is 0.799. The fourth-order valence-electron chi connectivity index (χ4n) is 1.99. The Morgan fingerprint density at radius 2 is 1.86 bits per heavy atom. The van der Waals surface area contributed by atoms with Gasteiger partial charge in [0.25, 0.3) is 0 Å². The van der Waals surface area contributed by atoms with Crippen LogP contribution in [0.4, 0.5) is 17.3 Å². The molecule has 21 heavy (non-hydrogen) atoms. The van der Waals surface area contributed by atoms with Crippen LogP contribution >= 0.6 is 0 Å². The minimum atomic E-state index is 0.555. The maximum Gasteiger partial charge on any atom is 0.142 e. The molecular weight excluding hydrogens is 268 g/mol. The molecule has 110 valence electrons. The van der Waals surface area contributed by atoms with Gasteiger partial charge in [-0.3, -0.25) is 0 Å². The number of benzene rings is 1. The summed E-state index contributed by atoms with van der Waals surface area (Å²) >= 11 is 0. The summed E-state index contributed by atoms with van der Waals surface area (Å²) < 4.78 is 10.6. The summed E-state index contributed by atoms with van der Waals surface area (Å²) in [7, 11) is 3.26. The van der Waals surface area contributed by atoms with Gasteiger partial charge in [-0.05, 0) is 25.0 Å². The summed E-state index contributed by atoms with van der Waals surface area (Å²) in [6.07, 6.45) is 3.95. The van der Waals surface area contributed by atoms with E-state index < -0.39 is 0 Å². The van der Waals surface area contributed by atoms with Gasteiger partial charge in [0.1, 0.15) is 29.5 Å². The topological polar surface area (TPSA) is 68.3 Å². The van der Waals surface area contributed by atoms with Gasteiger partial charge in [-0.1, -0.05) is 0 Å². The minimum absolute atomic E-state index is 0.555. The van der Waals surface area contributed by atoms with Crippen molar-refractivity contribution in [3.05, 3.63) is 30.6 Å². The number of nitrogens with one attached hydrogen (secondary N) is 2. The van der Waals surface area contributed by atoms with E-state index in [1.54, 1.807) is 20.5 Å². The zero-order valence-electron chi connectivity index (χ0n) is 12.1.